The molecule has 0 fully saturated rings. The fraction of sp³-hybridized carbons (Fsp3) is 0.760. The molecule has 0 saturated heterocycles. The molecule has 1 aromatic carbocycles. The third-order valence-corrected chi connectivity index (χ3v) is 18.0. The standard InChI is InChI=1S/C25H49NO4SSi2/c1-19-14-16-22(17-15-19)31(27,28)26-21(3)23(30-33(12,13)25(7,8)9)18-20(2)29-32(10,11)24(4,5)6/h14-17,20-21,23,26H,18H2,1-13H3/t20-,21+,23-/m0/s1. The van der Waals surface area contributed by atoms with Crippen LogP contribution in [0.1, 0.15) is 67.4 Å². The second kappa shape index (κ2) is 10.6. The average Bonchev–Trinajstić information content (AvgIpc) is 2.58. The summed E-state index contributed by atoms with van der Waals surface area (Å²) in [4.78, 5) is 0.275. The third kappa shape index (κ3) is 8.58. The van der Waals surface area contributed by atoms with Gasteiger partial charge in [-0.2, -0.15) is 0 Å². The molecule has 1 aromatic rings. The van der Waals surface area contributed by atoms with E-state index in [0.717, 1.165) is 5.56 Å². The molecular weight excluding hydrogens is 467 g/mol. The van der Waals surface area contributed by atoms with Gasteiger partial charge in [-0.3, -0.25) is 0 Å². The Kier molecular flexibility index (Phi) is 9.82. The van der Waals surface area contributed by atoms with E-state index in [9.17, 15) is 8.42 Å². The van der Waals surface area contributed by atoms with Gasteiger partial charge in [0.05, 0.1) is 11.0 Å². The predicted molar refractivity (Wildman–Crippen MR) is 145 cm³/mol. The van der Waals surface area contributed by atoms with Crippen LogP contribution in [-0.4, -0.2) is 43.3 Å². The van der Waals surface area contributed by atoms with Crippen molar-refractivity contribution in [2.75, 3.05) is 0 Å². The van der Waals surface area contributed by atoms with Crippen molar-refractivity contribution in [2.45, 2.75) is 128 Å². The normalized spacial score (nSPS) is 17.0. The quantitative estimate of drug-likeness (QED) is 0.346. The molecule has 8 heteroatoms. The van der Waals surface area contributed by atoms with Gasteiger partial charge in [-0.05, 0) is 75.6 Å². The zero-order valence-corrected chi connectivity index (χ0v) is 26.1. The van der Waals surface area contributed by atoms with Gasteiger partial charge in [0.1, 0.15) is 0 Å². The monoisotopic (exact) mass is 515 g/mol. The molecule has 5 nitrogen and oxygen atoms in total. The Morgan fingerprint density at radius 3 is 1.70 bits per heavy atom. The summed E-state index contributed by atoms with van der Waals surface area (Å²) in [5, 5.41) is 0.125. The molecule has 0 spiro atoms. The first-order valence-electron chi connectivity index (χ1n) is 12.0. The first kappa shape index (κ1) is 30.5. The summed E-state index contributed by atoms with van der Waals surface area (Å²) in [6.07, 6.45) is 0.314. The highest BCUT2D eigenvalue weighted by Gasteiger charge is 2.43. The molecule has 0 heterocycles. The lowest BCUT2D eigenvalue weighted by Gasteiger charge is -2.43. The van der Waals surface area contributed by atoms with Crippen LogP contribution in [0.4, 0.5) is 0 Å². The molecule has 0 saturated carbocycles. The highest BCUT2D eigenvalue weighted by Crippen LogP contribution is 2.40. The Hall–Kier alpha value is -0.516. The van der Waals surface area contributed by atoms with Crippen molar-refractivity contribution >= 4 is 26.7 Å². The van der Waals surface area contributed by atoms with Gasteiger partial charge in [0.2, 0.25) is 10.0 Å². The van der Waals surface area contributed by atoms with Crippen LogP contribution in [0.5, 0.6) is 0 Å². The van der Waals surface area contributed by atoms with Crippen LogP contribution >= 0.6 is 0 Å². The molecule has 3 atom stereocenters. The van der Waals surface area contributed by atoms with Gasteiger partial charge in [0.15, 0.2) is 16.6 Å². The van der Waals surface area contributed by atoms with E-state index in [1.807, 2.05) is 26.0 Å². The summed E-state index contributed by atoms with van der Waals surface area (Å²) in [5.41, 5.74) is 1.03. The molecule has 0 amide bonds. The Bertz CT molecular complexity index is 869. The van der Waals surface area contributed by atoms with Crippen molar-refractivity contribution in [3.63, 3.8) is 0 Å². The van der Waals surface area contributed by atoms with E-state index in [0.29, 0.717) is 6.42 Å². The maximum Gasteiger partial charge on any atom is 0.240 e. The third-order valence-electron chi connectivity index (χ3n) is 7.35. The van der Waals surface area contributed by atoms with Crippen molar-refractivity contribution in [2.24, 2.45) is 0 Å². The number of hydrogen-bond donors (Lipinski definition) is 1. The predicted octanol–water partition coefficient (Wildman–Crippen LogP) is 6.85. The van der Waals surface area contributed by atoms with E-state index in [2.05, 4.69) is 79.4 Å². The summed E-state index contributed by atoms with van der Waals surface area (Å²) in [6.45, 7) is 28.1. The van der Waals surface area contributed by atoms with Gasteiger partial charge < -0.3 is 8.85 Å². The van der Waals surface area contributed by atoms with Crippen LogP contribution in [0.3, 0.4) is 0 Å². The van der Waals surface area contributed by atoms with Gasteiger partial charge in [0, 0.05) is 12.1 Å². The second-order valence-corrected chi connectivity index (χ2v) is 23.8. The van der Waals surface area contributed by atoms with Crippen molar-refractivity contribution in [1.82, 2.24) is 4.72 Å². The lowest BCUT2D eigenvalue weighted by molar-refractivity contribution is 0.0848. The van der Waals surface area contributed by atoms with E-state index < -0.39 is 32.7 Å². The minimum absolute atomic E-state index is 0.0182. The highest BCUT2D eigenvalue weighted by atomic mass is 32.2. The largest absolute Gasteiger partial charge is 0.414 e. The van der Waals surface area contributed by atoms with Gasteiger partial charge in [-0.15, -0.1) is 0 Å². The first-order valence-corrected chi connectivity index (χ1v) is 19.3. The zero-order chi connectivity index (χ0) is 26.0. The van der Waals surface area contributed by atoms with Crippen LogP contribution in [-0.2, 0) is 18.9 Å². The Morgan fingerprint density at radius 1 is 0.848 bits per heavy atom. The smallest absolute Gasteiger partial charge is 0.240 e. The number of sulfonamides is 1. The summed E-state index contributed by atoms with van der Waals surface area (Å²) < 4.78 is 42.5. The van der Waals surface area contributed by atoms with Gasteiger partial charge >= 0.3 is 0 Å². The molecule has 0 radical (unpaired) electrons. The number of hydrogen-bond acceptors (Lipinski definition) is 4. The molecule has 0 aliphatic heterocycles. The van der Waals surface area contributed by atoms with Crippen molar-refractivity contribution < 1.29 is 17.3 Å². The summed E-state index contributed by atoms with van der Waals surface area (Å²) >= 11 is 0. The second-order valence-electron chi connectivity index (χ2n) is 12.6. The molecule has 33 heavy (non-hydrogen) atoms. The van der Waals surface area contributed by atoms with Crippen molar-refractivity contribution in [1.29, 1.82) is 0 Å². The van der Waals surface area contributed by atoms with Crippen LogP contribution in [0.2, 0.25) is 36.3 Å². The maximum atomic E-state index is 13.1. The van der Waals surface area contributed by atoms with Crippen LogP contribution in [0.25, 0.3) is 0 Å². The van der Waals surface area contributed by atoms with Crippen molar-refractivity contribution in [3.8, 4) is 0 Å². The fourth-order valence-electron chi connectivity index (χ4n) is 3.07. The van der Waals surface area contributed by atoms with Crippen molar-refractivity contribution in [3.05, 3.63) is 29.8 Å². The van der Waals surface area contributed by atoms with Gasteiger partial charge in [-0.25, -0.2) is 13.1 Å². The fourth-order valence-corrected chi connectivity index (χ4v) is 7.21. The molecule has 0 bridgehead atoms. The maximum absolute atomic E-state index is 13.1. The lowest BCUT2D eigenvalue weighted by atomic mass is 10.1. The summed E-state index contributed by atoms with van der Waals surface area (Å²) in [5.74, 6) is 0. The Labute approximate surface area is 206 Å². The topological polar surface area (TPSA) is 64.6 Å². The molecular formula is C25H49NO4SSi2. The summed E-state index contributed by atoms with van der Waals surface area (Å²) in [7, 11) is -7.74. The van der Waals surface area contributed by atoms with E-state index in [1.165, 1.54) is 0 Å². The molecule has 192 valence electrons. The minimum Gasteiger partial charge on any atom is -0.414 e. The number of benzene rings is 1. The molecule has 0 aromatic heterocycles. The average molecular weight is 516 g/mol. The molecule has 0 aliphatic rings. The highest BCUT2D eigenvalue weighted by molar-refractivity contribution is 7.89. The molecule has 1 rings (SSSR count). The minimum atomic E-state index is -3.65. The first-order chi connectivity index (χ1) is 14.6. The SMILES string of the molecule is Cc1ccc(S(=O)(=O)N[C@H](C)[C@H](C[C@H](C)O[Si](C)(C)C(C)(C)C)O[Si](C)(C)C(C)(C)C)cc1. The van der Waals surface area contributed by atoms with E-state index in [4.69, 9.17) is 8.85 Å². The van der Waals surface area contributed by atoms with E-state index in [-0.39, 0.29) is 27.2 Å². The summed E-state index contributed by atoms with van der Waals surface area (Å²) in [6, 6.07) is 6.54. The van der Waals surface area contributed by atoms with Crippen LogP contribution in [0, 0.1) is 6.92 Å². The number of nitrogens with one attached hydrogen (secondary N) is 1. The Balaban J connectivity index is 3.17. The molecule has 1 N–H and O–H groups in total. The van der Waals surface area contributed by atoms with E-state index >= 15 is 0 Å². The molecule has 0 aliphatic carbocycles. The number of rotatable bonds is 10. The number of aryl methyl sites for hydroxylation is 1. The Morgan fingerprint density at radius 2 is 1.27 bits per heavy atom. The van der Waals surface area contributed by atoms with E-state index in [1.54, 1.807) is 12.1 Å². The lowest BCUT2D eigenvalue weighted by Crippen LogP contribution is -2.52. The van der Waals surface area contributed by atoms with Crippen LogP contribution < -0.4 is 4.72 Å². The van der Waals surface area contributed by atoms with Crippen LogP contribution in [0.15, 0.2) is 29.2 Å². The van der Waals surface area contributed by atoms with Gasteiger partial charge in [-0.1, -0.05) is 59.2 Å². The zero-order valence-electron chi connectivity index (χ0n) is 23.3. The molecule has 0 unspecified atom stereocenters. The van der Waals surface area contributed by atoms with Gasteiger partial charge in [0.25, 0.3) is 0 Å².